The number of hydrogen-bond donors (Lipinski definition) is 2. The molecule has 0 aliphatic carbocycles. The molecule has 32 heavy (non-hydrogen) atoms. The third-order valence-electron chi connectivity index (χ3n) is 5.19. The number of unbranched alkanes of at least 4 members (excludes halogenated alkanes) is 2. The zero-order valence-corrected chi connectivity index (χ0v) is 20.3. The molecule has 0 saturated heterocycles. The average molecular weight is 454 g/mol. The summed E-state index contributed by atoms with van der Waals surface area (Å²) in [5.41, 5.74) is 3.56. The summed E-state index contributed by atoms with van der Waals surface area (Å²) >= 11 is 5.28. The van der Waals surface area contributed by atoms with Gasteiger partial charge in [-0.05, 0) is 93.9 Å². The molecule has 0 aliphatic rings. The lowest BCUT2D eigenvalue weighted by Crippen LogP contribution is -2.34. The Morgan fingerprint density at radius 1 is 0.906 bits per heavy atom. The van der Waals surface area contributed by atoms with Crippen LogP contribution in [0.2, 0.25) is 0 Å². The fraction of sp³-hybridized carbons (Fsp3) is 0.423. The van der Waals surface area contributed by atoms with Crippen LogP contribution in [0.5, 0.6) is 0 Å². The van der Waals surface area contributed by atoms with E-state index in [0.717, 1.165) is 49.9 Å². The van der Waals surface area contributed by atoms with Crippen LogP contribution < -0.4 is 10.6 Å². The van der Waals surface area contributed by atoms with Gasteiger partial charge in [0.05, 0.1) is 0 Å². The molecule has 0 saturated carbocycles. The molecule has 0 spiro atoms. The SMILES string of the molecule is CCCCc1ccc(C(=O)NC(=S)Nc2ccc(CC(=O)CCCCN(C)C)cc2)cc1. The largest absolute Gasteiger partial charge is 0.332 e. The second-order valence-corrected chi connectivity index (χ2v) is 8.79. The quantitative estimate of drug-likeness (QED) is 0.350. The minimum atomic E-state index is -0.235. The van der Waals surface area contributed by atoms with E-state index in [-0.39, 0.29) is 16.8 Å². The predicted octanol–water partition coefficient (Wildman–Crippen LogP) is 5.00. The van der Waals surface area contributed by atoms with E-state index < -0.39 is 0 Å². The third kappa shape index (κ3) is 9.71. The van der Waals surface area contributed by atoms with E-state index in [1.54, 1.807) is 0 Å². The Balaban J connectivity index is 1.77. The number of carbonyl (C=O) groups is 2. The first-order valence-corrected chi connectivity index (χ1v) is 11.7. The number of rotatable bonds is 12. The highest BCUT2D eigenvalue weighted by Gasteiger charge is 2.09. The summed E-state index contributed by atoms with van der Waals surface area (Å²) in [5.74, 6) is 0.0222. The van der Waals surface area contributed by atoms with Gasteiger partial charge in [0.2, 0.25) is 0 Å². The van der Waals surface area contributed by atoms with E-state index >= 15 is 0 Å². The topological polar surface area (TPSA) is 61.4 Å². The summed E-state index contributed by atoms with van der Waals surface area (Å²) in [6.45, 7) is 3.17. The van der Waals surface area contributed by atoms with Gasteiger partial charge in [0, 0.05) is 24.1 Å². The molecular weight excluding hydrogens is 418 g/mol. The first-order chi connectivity index (χ1) is 15.4. The van der Waals surface area contributed by atoms with E-state index in [2.05, 4.69) is 22.5 Å². The Hall–Kier alpha value is -2.57. The maximum atomic E-state index is 12.4. The minimum Gasteiger partial charge on any atom is -0.332 e. The molecule has 6 heteroatoms. The van der Waals surface area contributed by atoms with Crippen LogP contribution in [0, 0.1) is 0 Å². The second kappa shape index (κ2) is 13.8. The lowest BCUT2D eigenvalue weighted by Gasteiger charge is -2.11. The van der Waals surface area contributed by atoms with Crippen molar-refractivity contribution in [3.8, 4) is 0 Å². The van der Waals surface area contributed by atoms with Gasteiger partial charge in [-0.1, -0.05) is 37.6 Å². The summed E-state index contributed by atoms with van der Waals surface area (Å²) in [7, 11) is 4.08. The van der Waals surface area contributed by atoms with Crippen LogP contribution in [-0.2, 0) is 17.6 Å². The van der Waals surface area contributed by atoms with Crippen LogP contribution in [0.1, 0.15) is 60.5 Å². The smallest absolute Gasteiger partial charge is 0.257 e. The zero-order valence-electron chi connectivity index (χ0n) is 19.4. The highest BCUT2D eigenvalue weighted by molar-refractivity contribution is 7.80. The van der Waals surface area contributed by atoms with Gasteiger partial charge in [-0.15, -0.1) is 0 Å². The van der Waals surface area contributed by atoms with Crippen LogP contribution in [-0.4, -0.2) is 42.3 Å². The molecule has 2 aromatic carbocycles. The fourth-order valence-electron chi connectivity index (χ4n) is 3.31. The lowest BCUT2D eigenvalue weighted by atomic mass is 10.0. The van der Waals surface area contributed by atoms with Crippen molar-refractivity contribution in [3.05, 3.63) is 65.2 Å². The van der Waals surface area contributed by atoms with E-state index in [0.29, 0.717) is 18.4 Å². The molecule has 0 aliphatic heterocycles. The molecule has 1 amide bonds. The highest BCUT2D eigenvalue weighted by atomic mass is 32.1. The second-order valence-electron chi connectivity index (χ2n) is 8.38. The summed E-state index contributed by atoms with van der Waals surface area (Å²) in [6.07, 6.45) is 6.33. The lowest BCUT2D eigenvalue weighted by molar-refractivity contribution is -0.118. The van der Waals surface area contributed by atoms with Gasteiger partial charge in [0.15, 0.2) is 5.11 Å². The van der Waals surface area contributed by atoms with E-state index in [1.807, 2.05) is 62.6 Å². The number of Topliss-reactive ketones (excluding diaryl/α,β-unsaturated/α-hetero) is 1. The van der Waals surface area contributed by atoms with Gasteiger partial charge in [0.25, 0.3) is 5.91 Å². The van der Waals surface area contributed by atoms with Crippen LogP contribution >= 0.6 is 12.2 Å². The molecule has 0 atom stereocenters. The normalized spacial score (nSPS) is 10.8. The number of ketones is 1. The van der Waals surface area contributed by atoms with Gasteiger partial charge >= 0.3 is 0 Å². The van der Waals surface area contributed by atoms with Gasteiger partial charge < -0.3 is 10.2 Å². The van der Waals surface area contributed by atoms with Crippen molar-refractivity contribution in [2.45, 2.75) is 51.9 Å². The maximum Gasteiger partial charge on any atom is 0.257 e. The maximum absolute atomic E-state index is 12.4. The summed E-state index contributed by atoms with van der Waals surface area (Å²) in [4.78, 5) is 26.7. The van der Waals surface area contributed by atoms with Crippen molar-refractivity contribution in [2.24, 2.45) is 0 Å². The molecule has 0 bridgehead atoms. The van der Waals surface area contributed by atoms with Crippen molar-refractivity contribution in [1.82, 2.24) is 10.2 Å². The first kappa shape index (κ1) is 25.7. The van der Waals surface area contributed by atoms with Crippen LogP contribution in [0.3, 0.4) is 0 Å². The van der Waals surface area contributed by atoms with E-state index in [9.17, 15) is 9.59 Å². The predicted molar refractivity (Wildman–Crippen MR) is 136 cm³/mol. The van der Waals surface area contributed by atoms with Crippen molar-refractivity contribution < 1.29 is 9.59 Å². The standard InChI is InChI=1S/C26H35N3O2S/c1-4-5-8-20-10-14-22(15-11-20)25(31)28-26(32)27-23-16-12-21(13-17-23)19-24(30)9-6-7-18-29(2)3/h10-17H,4-9,18-19H2,1-3H3,(H2,27,28,31,32). The molecule has 5 nitrogen and oxygen atoms in total. The summed E-state index contributed by atoms with van der Waals surface area (Å²) in [6, 6.07) is 15.2. The van der Waals surface area contributed by atoms with Crippen molar-refractivity contribution in [1.29, 1.82) is 0 Å². The number of carbonyl (C=O) groups excluding carboxylic acids is 2. The number of anilines is 1. The number of nitrogens with zero attached hydrogens (tertiary/aromatic N) is 1. The molecule has 2 N–H and O–H groups in total. The third-order valence-corrected chi connectivity index (χ3v) is 5.39. The van der Waals surface area contributed by atoms with Gasteiger partial charge in [-0.3, -0.25) is 14.9 Å². The van der Waals surface area contributed by atoms with Crippen molar-refractivity contribution in [2.75, 3.05) is 26.0 Å². The monoisotopic (exact) mass is 453 g/mol. The Labute approximate surface area is 197 Å². The molecule has 0 aromatic heterocycles. The number of benzene rings is 2. The number of amides is 1. The number of thiocarbonyl (C=S) groups is 1. The Kier molecular flexibility index (Phi) is 11.0. The summed E-state index contributed by atoms with van der Waals surface area (Å²) < 4.78 is 0. The molecule has 0 radical (unpaired) electrons. The first-order valence-electron chi connectivity index (χ1n) is 11.3. The van der Waals surface area contributed by atoms with Gasteiger partial charge in [-0.25, -0.2) is 0 Å². The van der Waals surface area contributed by atoms with Gasteiger partial charge in [0.1, 0.15) is 5.78 Å². The number of hydrogen-bond acceptors (Lipinski definition) is 4. The number of nitrogens with one attached hydrogen (secondary N) is 2. The Bertz CT molecular complexity index is 877. The van der Waals surface area contributed by atoms with Crippen LogP contribution in [0.15, 0.2) is 48.5 Å². The Morgan fingerprint density at radius 3 is 2.19 bits per heavy atom. The fourth-order valence-corrected chi connectivity index (χ4v) is 3.52. The van der Waals surface area contributed by atoms with E-state index in [4.69, 9.17) is 12.2 Å². The van der Waals surface area contributed by atoms with E-state index in [1.165, 1.54) is 5.56 Å². The van der Waals surface area contributed by atoms with Crippen LogP contribution in [0.25, 0.3) is 0 Å². The molecular formula is C26H35N3O2S. The molecule has 0 fully saturated rings. The van der Waals surface area contributed by atoms with Crippen LogP contribution in [0.4, 0.5) is 5.69 Å². The molecule has 172 valence electrons. The minimum absolute atomic E-state index is 0.235. The molecule has 0 unspecified atom stereocenters. The van der Waals surface area contributed by atoms with Crippen molar-refractivity contribution >= 4 is 34.7 Å². The zero-order chi connectivity index (χ0) is 23.3. The molecule has 2 rings (SSSR count). The molecule has 0 heterocycles. The Morgan fingerprint density at radius 2 is 1.56 bits per heavy atom. The average Bonchev–Trinajstić information content (AvgIpc) is 2.76. The number of aryl methyl sites for hydroxylation is 1. The highest BCUT2D eigenvalue weighted by Crippen LogP contribution is 2.12. The molecule has 2 aromatic rings. The van der Waals surface area contributed by atoms with Crippen molar-refractivity contribution in [3.63, 3.8) is 0 Å². The summed E-state index contributed by atoms with van der Waals surface area (Å²) in [5, 5.41) is 5.98. The van der Waals surface area contributed by atoms with Gasteiger partial charge in [-0.2, -0.15) is 0 Å².